The van der Waals surface area contributed by atoms with Crippen LogP contribution in [0.4, 0.5) is 15.0 Å². The van der Waals surface area contributed by atoms with E-state index >= 15 is 0 Å². The fourth-order valence-electron chi connectivity index (χ4n) is 5.50. The molecular weight excluding hydrogens is 431 g/mol. The highest BCUT2D eigenvalue weighted by Gasteiger charge is 2.44. The summed E-state index contributed by atoms with van der Waals surface area (Å²) >= 11 is 0. The highest BCUT2D eigenvalue weighted by Crippen LogP contribution is 2.49. The van der Waals surface area contributed by atoms with Gasteiger partial charge in [0.2, 0.25) is 5.91 Å². The number of anilines is 1. The fourth-order valence-corrected chi connectivity index (χ4v) is 5.50. The summed E-state index contributed by atoms with van der Waals surface area (Å²) in [7, 11) is 4.24. The maximum Gasteiger partial charge on any atom is 0.350 e. The van der Waals surface area contributed by atoms with Gasteiger partial charge < -0.3 is 0 Å². The van der Waals surface area contributed by atoms with Crippen LogP contribution in [-0.2, 0) is 5.54 Å². The summed E-state index contributed by atoms with van der Waals surface area (Å²) in [5.74, 6) is -0.162. The van der Waals surface area contributed by atoms with E-state index in [2.05, 4.69) is 50.2 Å². The zero-order chi connectivity index (χ0) is 24.5. The Morgan fingerprint density at radius 2 is 1.62 bits per heavy atom. The van der Waals surface area contributed by atoms with Gasteiger partial charge in [0.15, 0.2) is 0 Å². The molecule has 0 radical (unpaired) electrons. The van der Waals surface area contributed by atoms with Gasteiger partial charge in [-0.3, -0.25) is 19.2 Å². The largest absolute Gasteiger partial charge is 0.350 e. The molecule has 0 bridgehead atoms. The third kappa shape index (κ3) is 4.20. The van der Waals surface area contributed by atoms with Crippen molar-refractivity contribution in [3.05, 3.63) is 66.4 Å². The third-order valence-corrected chi connectivity index (χ3v) is 7.64. The molecule has 0 aliphatic heterocycles. The Morgan fingerprint density at radius 3 is 2.21 bits per heavy atom. The van der Waals surface area contributed by atoms with Gasteiger partial charge >= 0.3 is 6.03 Å². The quantitative estimate of drug-likeness (QED) is 0.490. The molecule has 7 heteroatoms. The fraction of sp³-hybridized carbons (Fsp3) is 0.407. The highest BCUT2D eigenvalue weighted by atomic mass is 19.2. The van der Waals surface area contributed by atoms with Gasteiger partial charge in [0.1, 0.15) is 0 Å². The van der Waals surface area contributed by atoms with E-state index in [-0.39, 0.29) is 16.9 Å². The molecule has 1 aliphatic carbocycles. The molecule has 0 atom stereocenters. The summed E-state index contributed by atoms with van der Waals surface area (Å²) in [6, 6.07) is 17.1. The number of rotatable bonds is 5. The molecule has 4 rings (SSSR count). The lowest BCUT2D eigenvalue weighted by atomic mass is 9.65. The first-order valence-electron chi connectivity index (χ1n) is 11.7. The Morgan fingerprint density at radius 1 is 1.00 bits per heavy atom. The predicted molar refractivity (Wildman–Crippen MR) is 134 cm³/mol. The molecule has 1 aromatic heterocycles. The topological polar surface area (TPSA) is 57.6 Å². The second-order valence-corrected chi connectivity index (χ2v) is 10.0. The van der Waals surface area contributed by atoms with Gasteiger partial charge in [0, 0.05) is 30.6 Å². The molecular formula is C27H33FN4O2. The molecule has 3 aromatic rings. The summed E-state index contributed by atoms with van der Waals surface area (Å²) < 4.78 is 15.0. The second-order valence-electron chi connectivity index (χ2n) is 10.0. The average molecular weight is 465 g/mol. The summed E-state index contributed by atoms with van der Waals surface area (Å²) in [4.78, 5) is 28.7. The maximum absolute atomic E-state index is 13.5. The number of fused-ring (bicyclic) bond motifs is 1. The number of urea groups is 1. The molecule has 2 aromatic carbocycles. The van der Waals surface area contributed by atoms with Crippen molar-refractivity contribution in [2.45, 2.75) is 45.1 Å². The summed E-state index contributed by atoms with van der Waals surface area (Å²) in [5.41, 5.74) is 3.57. The number of nitrogens with one attached hydrogen (secondary N) is 1. The van der Waals surface area contributed by atoms with E-state index in [9.17, 15) is 14.1 Å². The molecule has 0 spiro atoms. The lowest BCUT2D eigenvalue weighted by molar-refractivity contribution is 0.0457. The first-order chi connectivity index (χ1) is 16.2. The molecule has 1 heterocycles. The first-order valence-corrected chi connectivity index (χ1v) is 11.7. The molecule has 0 unspecified atom stereocenters. The minimum Gasteiger partial charge on any atom is -0.300 e. The van der Waals surface area contributed by atoms with Crippen molar-refractivity contribution in [3.63, 3.8) is 0 Å². The van der Waals surface area contributed by atoms with E-state index in [1.807, 2.05) is 30.3 Å². The normalized spacial score (nSPS) is 22.6. The number of para-hydroxylation sites is 1. The van der Waals surface area contributed by atoms with Gasteiger partial charge in [0.05, 0.1) is 11.2 Å². The first kappa shape index (κ1) is 24.0. The van der Waals surface area contributed by atoms with E-state index in [1.165, 1.54) is 27.5 Å². The second kappa shape index (κ2) is 9.22. The average Bonchev–Trinajstić information content (AvgIpc) is 3.23. The van der Waals surface area contributed by atoms with Gasteiger partial charge in [-0.2, -0.15) is 5.54 Å². The van der Waals surface area contributed by atoms with Crippen LogP contribution >= 0.6 is 0 Å². The molecule has 1 fully saturated rings. The van der Waals surface area contributed by atoms with Crippen LogP contribution in [-0.4, -0.2) is 42.0 Å². The molecule has 34 heavy (non-hydrogen) atoms. The van der Waals surface area contributed by atoms with Crippen molar-refractivity contribution >= 4 is 28.5 Å². The molecule has 1 N–H and O–H groups in total. The molecule has 2 amide bonds. The van der Waals surface area contributed by atoms with Gasteiger partial charge in [-0.1, -0.05) is 59.9 Å². The molecule has 180 valence electrons. The van der Waals surface area contributed by atoms with Crippen molar-refractivity contribution < 1.29 is 14.1 Å². The Bertz CT molecular complexity index is 1180. The van der Waals surface area contributed by atoms with Gasteiger partial charge in [0.25, 0.3) is 0 Å². The lowest BCUT2D eigenvalue weighted by Crippen LogP contribution is -2.50. The minimum absolute atomic E-state index is 0.0708. The van der Waals surface area contributed by atoms with Gasteiger partial charge in [-0.15, -0.1) is 0 Å². The van der Waals surface area contributed by atoms with E-state index in [4.69, 9.17) is 0 Å². The van der Waals surface area contributed by atoms with Crippen LogP contribution in [0.3, 0.4) is 0 Å². The number of aromatic nitrogens is 1. The van der Waals surface area contributed by atoms with Crippen LogP contribution in [0, 0.1) is 5.41 Å². The zero-order valence-corrected chi connectivity index (χ0v) is 20.3. The Hall–Kier alpha value is -3.19. The smallest absolute Gasteiger partial charge is 0.300 e. The Balaban J connectivity index is 1.66. The van der Waals surface area contributed by atoms with Crippen molar-refractivity contribution in [1.29, 1.82) is 0 Å². The Kier molecular flexibility index (Phi) is 6.49. The molecule has 1 aliphatic rings. The number of benzene rings is 2. The van der Waals surface area contributed by atoms with E-state index in [0.29, 0.717) is 17.7 Å². The SMILES string of the molecule is CC(=O)n1cc(N(C[C@]2(C)CC[C@@](c3ccccc3)(N(C)C)CC2)C(=O)NF)c2ccccc21. The number of carbonyl (C=O) groups excluding carboxylic acids is 2. The molecule has 1 saturated carbocycles. The third-order valence-electron chi connectivity index (χ3n) is 7.64. The van der Waals surface area contributed by atoms with Crippen molar-refractivity contribution in [2.24, 2.45) is 5.41 Å². The number of hydrogen-bond donors (Lipinski definition) is 1. The molecule has 6 nitrogen and oxygen atoms in total. The van der Waals surface area contributed by atoms with Crippen LogP contribution in [0.2, 0.25) is 0 Å². The van der Waals surface area contributed by atoms with Crippen LogP contribution in [0.15, 0.2) is 60.8 Å². The number of nitrogens with zero attached hydrogens (tertiary/aromatic N) is 3. The van der Waals surface area contributed by atoms with Crippen molar-refractivity contribution in [2.75, 3.05) is 25.5 Å². The minimum atomic E-state index is -0.819. The van der Waals surface area contributed by atoms with Crippen LogP contribution in [0.25, 0.3) is 10.9 Å². The molecule has 0 saturated heterocycles. The zero-order valence-electron chi connectivity index (χ0n) is 20.3. The number of halogens is 1. The van der Waals surface area contributed by atoms with E-state index in [0.717, 1.165) is 31.1 Å². The Labute approximate surface area is 200 Å². The van der Waals surface area contributed by atoms with Crippen molar-refractivity contribution in [3.8, 4) is 0 Å². The van der Waals surface area contributed by atoms with Crippen LogP contribution < -0.4 is 10.4 Å². The number of carbonyl (C=O) groups is 2. The number of amides is 2. The standard InChI is InChI=1S/C27H33FN4O2/c1-20(33)31-18-24(22-12-8-9-13-23(22)31)32(25(34)29-28)19-26(2)14-16-27(17-15-26,30(3)4)21-10-6-5-7-11-21/h5-13,18H,14-17,19H2,1-4H3,(H,29,34)/t26-,27-. The monoisotopic (exact) mass is 464 g/mol. The summed E-state index contributed by atoms with van der Waals surface area (Å²) in [6.45, 7) is 4.00. The summed E-state index contributed by atoms with van der Waals surface area (Å²) in [5, 5.41) is 0.743. The summed E-state index contributed by atoms with van der Waals surface area (Å²) in [6.07, 6.45) is 5.26. The number of hydrogen-bond acceptors (Lipinski definition) is 3. The van der Waals surface area contributed by atoms with Gasteiger partial charge in [-0.25, -0.2) is 4.79 Å². The van der Waals surface area contributed by atoms with Crippen molar-refractivity contribution in [1.82, 2.24) is 15.0 Å². The van der Waals surface area contributed by atoms with Gasteiger partial charge in [-0.05, 0) is 56.8 Å². The predicted octanol–water partition coefficient (Wildman–Crippen LogP) is 5.74. The maximum atomic E-state index is 13.5. The van der Waals surface area contributed by atoms with Crippen LogP contribution in [0.5, 0.6) is 0 Å². The van der Waals surface area contributed by atoms with E-state index in [1.54, 1.807) is 6.20 Å². The van der Waals surface area contributed by atoms with E-state index < -0.39 is 6.03 Å². The highest BCUT2D eigenvalue weighted by molar-refractivity contribution is 6.05. The lowest BCUT2D eigenvalue weighted by Gasteiger charge is -2.50. The van der Waals surface area contributed by atoms with Crippen LogP contribution in [0.1, 0.15) is 49.9 Å².